The van der Waals surface area contributed by atoms with Crippen molar-refractivity contribution in [3.63, 3.8) is 0 Å². The van der Waals surface area contributed by atoms with Crippen molar-refractivity contribution in [1.29, 1.82) is 0 Å². The van der Waals surface area contributed by atoms with E-state index in [0.29, 0.717) is 18.9 Å². The summed E-state index contributed by atoms with van der Waals surface area (Å²) < 4.78 is 5.33. The van der Waals surface area contributed by atoms with Gasteiger partial charge >= 0.3 is 0 Å². The second-order valence-corrected chi connectivity index (χ2v) is 5.90. The van der Waals surface area contributed by atoms with E-state index in [-0.39, 0.29) is 22.0 Å². The smallest absolute Gasteiger partial charge is 0.288 e. The number of hydrogen-bond acceptors (Lipinski definition) is 6. The van der Waals surface area contributed by atoms with Gasteiger partial charge in [-0.3, -0.25) is 15.1 Å². The molecular weight excluding hydrogens is 346 g/mol. The Balaban J connectivity index is 1.78. The normalized spacial score (nSPS) is 14.8. The minimum atomic E-state index is -0.601. The van der Waals surface area contributed by atoms with E-state index in [4.69, 9.17) is 16.3 Å². The summed E-state index contributed by atoms with van der Waals surface area (Å²) in [5.74, 6) is -0.163. The fourth-order valence-corrected chi connectivity index (χ4v) is 2.75. The molecule has 0 aliphatic carbocycles. The molecule has 3 rings (SSSR count). The summed E-state index contributed by atoms with van der Waals surface area (Å²) in [6.45, 7) is 3.14. The van der Waals surface area contributed by atoms with Crippen molar-refractivity contribution in [3.8, 4) is 5.75 Å². The Morgan fingerprint density at radius 2 is 1.92 bits per heavy atom. The Bertz CT molecular complexity index is 802. The molecule has 1 saturated heterocycles. The van der Waals surface area contributed by atoms with Gasteiger partial charge in [0.25, 0.3) is 5.69 Å². The van der Waals surface area contributed by atoms with Crippen molar-refractivity contribution in [2.24, 2.45) is 4.99 Å². The SMILES string of the molecule is O=[N+]([O-])c1cc(C=Nc2ccc(N3CCOCC3)cc2)c(O)cc1Cl. The maximum Gasteiger partial charge on any atom is 0.288 e. The molecule has 0 atom stereocenters. The molecule has 7 nitrogen and oxygen atoms in total. The van der Waals surface area contributed by atoms with Gasteiger partial charge in [0, 0.05) is 42.7 Å². The summed E-state index contributed by atoms with van der Waals surface area (Å²) in [5.41, 5.74) is 1.72. The Kier molecular flexibility index (Phi) is 5.16. The van der Waals surface area contributed by atoms with E-state index >= 15 is 0 Å². The van der Waals surface area contributed by atoms with Crippen molar-refractivity contribution in [3.05, 3.63) is 57.1 Å². The zero-order valence-electron chi connectivity index (χ0n) is 13.3. The number of nitro groups is 1. The predicted octanol–water partition coefficient (Wildman–Crippen LogP) is 3.54. The first-order chi connectivity index (χ1) is 12.0. The number of benzene rings is 2. The molecule has 0 saturated carbocycles. The lowest BCUT2D eigenvalue weighted by molar-refractivity contribution is -0.384. The Labute approximate surface area is 149 Å². The minimum Gasteiger partial charge on any atom is -0.507 e. The molecule has 1 N–H and O–H groups in total. The van der Waals surface area contributed by atoms with Crippen LogP contribution in [0.4, 0.5) is 17.1 Å². The summed E-state index contributed by atoms with van der Waals surface area (Å²) in [6.07, 6.45) is 1.38. The van der Waals surface area contributed by atoms with Crippen LogP contribution >= 0.6 is 11.6 Å². The number of halogens is 1. The van der Waals surface area contributed by atoms with Crippen LogP contribution in [0.1, 0.15) is 5.56 Å². The zero-order valence-corrected chi connectivity index (χ0v) is 14.0. The third-order valence-electron chi connectivity index (χ3n) is 3.87. The average Bonchev–Trinajstić information content (AvgIpc) is 2.62. The van der Waals surface area contributed by atoms with E-state index < -0.39 is 4.92 Å². The van der Waals surface area contributed by atoms with Crippen LogP contribution in [-0.2, 0) is 4.74 Å². The lowest BCUT2D eigenvalue weighted by atomic mass is 10.2. The molecule has 0 radical (unpaired) electrons. The number of phenolic OH excluding ortho intramolecular Hbond substituents is 1. The largest absolute Gasteiger partial charge is 0.507 e. The topological polar surface area (TPSA) is 88.2 Å². The van der Waals surface area contributed by atoms with Gasteiger partial charge in [-0.15, -0.1) is 0 Å². The van der Waals surface area contributed by atoms with Crippen molar-refractivity contribution in [2.45, 2.75) is 0 Å². The summed E-state index contributed by atoms with van der Waals surface area (Å²) in [5, 5.41) is 20.7. The Morgan fingerprint density at radius 1 is 1.24 bits per heavy atom. The molecule has 0 aromatic heterocycles. The second-order valence-electron chi connectivity index (χ2n) is 5.49. The zero-order chi connectivity index (χ0) is 17.8. The lowest BCUT2D eigenvalue weighted by Crippen LogP contribution is -2.36. The number of morpholine rings is 1. The Morgan fingerprint density at radius 3 is 2.56 bits per heavy atom. The molecule has 25 heavy (non-hydrogen) atoms. The number of aromatic hydroxyl groups is 1. The average molecular weight is 362 g/mol. The standard InChI is InChI=1S/C17H16ClN3O4/c18-15-10-17(22)12(9-16(15)21(23)24)11-19-13-1-3-14(4-2-13)20-5-7-25-8-6-20/h1-4,9-11,22H,5-8H2. The van der Waals surface area contributed by atoms with Crippen molar-refractivity contribution in [1.82, 2.24) is 0 Å². The molecule has 1 aliphatic rings. The van der Waals surface area contributed by atoms with Gasteiger partial charge in [0.15, 0.2) is 0 Å². The highest BCUT2D eigenvalue weighted by Gasteiger charge is 2.15. The predicted molar refractivity (Wildman–Crippen MR) is 96.5 cm³/mol. The fraction of sp³-hybridized carbons (Fsp3) is 0.235. The van der Waals surface area contributed by atoms with Gasteiger partial charge < -0.3 is 14.7 Å². The van der Waals surface area contributed by atoms with Crippen LogP contribution in [0.5, 0.6) is 5.75 Å². The van der Waals surface area contributed by atoms with Gasteiger partial charge in [-0.25, -0.2) is 0 Å². The molecular formula is C17H16ClN3O4. The van der Waals surface area contributed by atoms with Crippen LogP contribution in [-0.4, -0.2) is 42.5 Å². The highest BCUT2D eigenvalue weighted by Crippen LogP contribution is 2.31. The van der Waals surface area contributed by atoms with Crippen LogP contribution in [0, 0.1) is 10.1 Å². The number of anilines is 1. The van der Waals surface area contributed by atoms with Gasteiger partial charge in [0.1, 0.15) is 10.8 Å². The molecule has 0 spiro atoms. The lowest BCUT2D eigenvalue weighted by Gasteiger charge is -2.28. The summed E-state index contributed by atoms with van der Waals surface area (Å²) in [4.78, 5) is 16.8. The van der Waals surface area contributed by atoms with Crippen LogP contribution < -0.4 is 4.90 Å². The van der Waals surface area contributed by atoms with Crippen LogP contribution in [0.15, 0.2) is 41.4 Å². The highest BCUT2D eigenvalue weighted by atomic mass is 35.5. The molecule has 1 heterocycles. The van der Waals surface area contributed by atoms with Gasteiger partial charge in [0.05, 0.1) is 23.8 Å². The molecule has 130 valence electrons. The van der Waals surface area contributed by atoms with E-state index in [1.54, 1.807) is 0 Å². The molecule has 8 heteroatoms. The van der Waals surface area contributed by atoms with Crippen LogP contribution in [0.3, 0.4) is 0 Å². The third kappa shape index (κ3) is 4.07. The summed E-state index contributed by atoms with van der Waals surface area (Å²) in [6, 6.07) is 9.96. The molecule has 0 amide bonds. The van der Waals surface area contributed by atoms with Crippen LogP contribution in [0.25, 0.3) is 0 Å². The minimum absolute atomic E-state index is 0.116. The van der Waals surface area contributed by atoms with Crippen molar-refractivity contribution < 1.29 is 14.8 Å². The summed E-state index contributed by atoms with van der Waals surface area (Å²) >= 11 is 5.75. The number of phenols is 1. The number of rotatable bonds is 4. The number of hydrogen-bond donors (Lipinski definition) is 1. The molecule has 0 unspecified atom stereocenters. The molecule has 2 aromatic rings. The van der Waals surface area contributed by atoms with E-state index in [1.807, 2.05) is 24.3 Å². The number of aliphatic imine (C=N–C) groups is 1. The Hall–Kier alpha value is -2.64. The van der Waals surface area contributed by atoms with Crippen LogP contribution in [0.2, 0.25) is 5.02 Å². The quantitative estimate of drug-likeness (QED) is 0.511. The van der Waals surface area contributed by atoms with Gasteiger partial charge in [-0.05, 0) is 24.3 Å². The van der Waals surface area contributed by atoms with Gasteiger partial charge in [-0.2, -0.15) is 0 Å². The first-order valence-electron chi connectivity index (χ1n) is 7.68. The first kappa shape index (κ1) is 17.2. The molecule has 2 aromatic carbocycles. The number of ether oxygens (including phenoxy) is 1. The molecule has 0 bridgehead atoms. The third-order valence-corrected chi connectivity index (χ3v) is 4.17. The van der Waals surface area contributed by atoms with Gasteiger partial charge in [-0.1, -0.05) is 11.6 Å². The maximum absolute atomic E-state index is 10.9. The molecule has 1 fully saturated rings. The number of nitrogens with zero attached hydrogens (tertiary/aromatic N) is 3. The fourth-order valence-electron chi connectivity index (χ4n) is 2.53. The monoisotopic (exact) mass is 361 g/mol. The van der Waals surface area contributed by atoms with Crippen molar-refractivity contribution in [2.75, 3.05) is 31.2 Å². The number of nitro benzene ring substituents is 1. The first-order valence-corrected chi connectivity index (χ1v) is 8.06. The van der Waals surface area contributed by atoms with E-state index in [9.17, 15) is 15.2 Å². The van der Waals surface area contributed by atoms with E-state index in [1.165, 1.54) is 12.3 Å². The maximum atomic E-state index is 10.9. The second kappa shape index (κ2) is 7.50. The molecule has 1 aliphatic heterocycles. The van der Waals surface area contributed by atoms with E-state index in [2.05, 4.69) is 9.89 Å². The summed E-state index contributed by atoms with van der Waals surface area (Å²) in [7, 11) is 0. The highest BCUT2D eigenvalue weighted by molar-refractivity contribution is 6.33. The van der Waals surface area contributed by atoms with E-state index in [0.717, 1.165) is 24.8 Å². The van der Waals surface area contributed by atoms with Crippen molar-refractivity contribution >= 4 is 34.9 Å². The van der Waals surface area contributed by atoms with Gasteiger partial charge in [0.2, 0.25) is 0 Å².